The molecule has 2 aliphatic rings. The molecule has 2 aromatic carbocycles. The van der Waals surface area contributed by atoms with Crippen LogP contribution >= 0.6 is 23.4 Å². The summed E-state index contributed by atoms with van der Waals surface area (Å²) in [6.45, 7) is 5.45. The van der Waals surface area contributed by atoms with Crippen molar-refractivity contribution in [3.05, 3.63) is 58.6 Å². The van der Waals surface area contributed by atoms with Gasteiger partial charge in [-0.15, -0.1) is 5.10 Å². The third-order valence-corrected chi connectivity index (χ3v) is 6.82. The first-order chi connectivity index (χ1) is 15.7. The minimum Gasteiger partial charge on any atom is -0.493 e. The largest absolute Gasteiger partial charge is 0.493 e. The Balaban J connectivity index is 1.60. The molecular weight excluding hydrogens is 464 g/mol. The highest BCUT2D eigenvalue weighted by Gasteiger charge is 2.61. The number of nitrogens with one attached hydrogen (secondary N) is 1. The lowest BCUT2D eigenvalue weighted by Crippen LogP contribution is -2.48. The van der Waals surface area contributed by atoms with Gasteiger partial charge in [0.05, 0.1) is 12.3 Å². The quantitative estimate of drug-likeness (QED) is 0.652. The highest BCUT2D eigenvalue weighted by Crippen LogP contribution is 2.54. The number of nitrogens with zero attached hydrogens (tertiary/aromatic N) is 3. The van der Waals surface area contributed by atoms with Gasteiger partial charge in [0.1, 0.15) is 5.75 Å². The monoisotopic (exact) mass is 486 g/mol. The van der Waals surface area contributed by atoms with Gasteiger partial charge >= 0.3 is 0 Å². The maximum absolute atomic E-state index is 13.8. The van der Waals surface area contributed by atoms with E-state index in [-0.39, 0.29) is 17.0 Å². The number of halogens is 1. The molecule has 172 valence electrons. The molecule has 1 N–H and O–H groups in total. The molecular formula is C23H23ClN4O4S. The van der Waals surface area contributed by atoms with E-state index in [4.69, 9.17) is 16.3 Å². The van der Waals surface area contributed by atoms with Crippen molar-refractivity contribution < 1.29 is 19.1 Å². The van der Waals surface area contributed by atoms with Crippen LogP contribution in [0.2, 0.25) is 5.02 Å². The molecule has 0 radical (unpaired) electrons. The maximum atomic E-state index is 13.8. The molecule has 8 nitrogen and oxygen atoms in total. The fourth-order valence-corrected chi connectivity index (χ4v) is 5.43. The Morgan fingerprint density at radius 2 is 1.97 bits per heavy atom. The number of carbonyl (C=O) groups excluding carboxylic acids is 3. The number of ether oxygens (including phenoxy) is 1. The first kappa shape index (κ1) is 23.1. The van der Waals surface area contributed by atoms with Gasteiger partial charge in [-0.2, -0.15) is 5.01 Å². The van der Waals surface area contributed by atoms with E-state index in [0.29, 0.717) is 35.8 Å². The van der Waals surface area contributed by atoms with Gasteiger partial charge in [0.25, 0.3) is 5.91 Å². The van der Waals surface area contributed by atoms with Crippen molar-refractivity contribution in [1.29, 1.82) is 0 Å². The van der Waals surface area contributed by atoms with Gasteiger partial charge in [0.15, 0.2) is 5.17 Å². The first-order valence-corrected chi connectivity index (χ1v) is 11.6. The Hall–Kier alpha value is -3.04. The lowest BCUT2D eigenvalue weighted by molar-refractivity contribution is -0.139. The van der Waals surface area contributed by atoms with Crippen LogP contribution in [0.15, 0.2) is 47.6 Å². The number of amides is 3. The van der Waals surface area contributed by atoms with Crippen molar-refractivity contribution in [3.63, 3.8) is 0 Å². The van der Waals surface area contributed by atoms with Crippen LogP contribution in [0.5, 0.6) is 5.75 Å². The Bertz CT molecular complexity index is 1170. The third-order valence-electron chi connectivity index (χ3n) is 5.34. The van der Waals surface area contributed by atoms with Crippen LogP contribution < -0.4 is 15.0 Å². The lowest BCUT2D eigenvalue weighted by atomic mass is 10.1. The first-order valence-electron chi connectivity index (χ1n) is 10.4. The zero-order chi connectivity index (χ0) is 23.8. The van der Waals surface area contributed by atoms with E-state index in [1.807, 2.05) is 31.2 Å². The van der Waals surface area contributed by atoms with Crippen LogP contribution in [-0.4, -0.2) is 41.0 Å². The molecule has 0 fully saturated rings. The Morgan fingerprint density at radius 1 is 1.21 bits per heavy atom. The van der Waals surface area contributed by atoms with Crippen LogP contribution in [0.4, 0.5) is 5.69 Å². The van der Waals surface area contributed by atoms with E-state index in [0.717, 1.165) is 28.1 Å². The summed E-state index contributed by atoms with van der Waals surface area (Å²) in [5.41, 5.74) is 2.25. The second-order valence-corrected chi connectivity index (χ2v) is 9.37. The van der Waals surface area contributed by atoms with Crippen LogP contribution in [0.3, 0.4) is 0 Å². The van der Waals surface area contributed by atoms with Gasteiger partial charge in [-0.25, -0.2) is 0 Å². The van der Waals surface area contributed by atoms with Crippen LogP contribution in [0.25, 0.3) is 0 Å². The SMILES string of the molecule is CC(=O)NC1=NN(C(C)=O)C2(S1)C(=O)N(CCCOc1ccccc1C)c1ccc(Cl)cc12. The number of carbonyl (C=O) groups is 3. The molecule has 0 saturated heterocycles. The molecule has 2 heterocycles. The summed E-state index contributed by atoms with van der Waals surface area (Å²) in [6, 6.07) is 12.9. The number of fused-ring (bicyclic) bond motifs is 2. The molecule has 2 aliphatic heterocycles. The Morgan fingerprint density at radius 3 is 2.67 bits per heavy atom. The van der Waals surface area contributed by atoms with E-state index in [2.05, 4.69) is 10.4 Å². The standard InChI is InChI=1S/C23H23ClN4O4S/c1-14-7-4-5-8-20(14)32-12-6-11-27-19-10-9-17(24)13-18(19)23(21(27)31)28(16(3)30)26-22(33-23)25-15(2)29/h4-5,7-10,13H,6,11-12H2,1-3H3,(H,25,26,29). The number of para-hydroxylation sites is 1. The van der Waals surface area contributed by atoms with Crippen LogP contribution in [0.1, 0.15) is 31.4 Å². The normalized spacial score (nSPS) is 19.0. The van der Waals surface area contributed by atoms with E-state index in [9.17, 15) is 14.4 Å². The summed E-state index contributed by atoms with van der Waals surface area (Å²) in [7, 11) is 0. The Labute approximate surface area is 200 Å². The van der Waals surface area contributed by atoms with Crippen molar-refractivity contribution in [2.24, 2.45) is 5.10 Å². The lowest BCUT2D eigenvalue weighted by Gasteiger charge is -2.29. The van der Waals surface area contributed by atoms with Gasteiger partial charge in [0.2, 0.25) is 16.7 Å². The number of amidine groups is 1. The summed E-state index contributed by atoms with van der Waals surface area (Å²) < 4.78 is 5.88. The van der Waals surface area contributed by atoms with E-state index in [1.165, 1.54) is 13.8 Å². The fraction of sp³-hybridized carbons (Fsp3) is 0.304. The summed E-state index contributed by atoms with van der Waals surface area (Å²) >= 11 is 7.30. The molecule has 0 aromatic heterocycles. The number of hydrogen-bond donors (Lipinski definition) is 1. The van der Waals surface area contributed by atoms with Crippen molar-refractivity contribution in [2.45, 2.75) is 32.1 Å². The Kier molecular flexibility index (Phi) is 6.36. The summed E-state index contributed by atoms with van der Waals surface area (Å²) in [6.07, 6.45) is 0.572. The highest BCUT2D eigenvalue weighted by molar-refractivity contribution is 8.15. The van der Waals surface area contributed by atoms with Gasteiger partial charge in [-0.3, -0.25) is 14.4 Å². The molecule has 3 amide bonds. The average molecular weight is 487 g/mol. The summed E-state index contributed by atoms with van der Waals surface area (Å²) in [5.74, 6) is -0.285. The fourth-order valence-electron chi connectivity index (χ4n) is 3.93. The minimum atomic E-state index is -1.46. The van der Waals surface area contributed by atoms with Crippen molar-refractivity contribution in [3.8, 4) is 5.75 Å². The molecule has 4 rings (SSSR count). The molecule has 2 aromatic rings. The number of hydrogen-bond acceptors (Lipinski definition) is 6. The predicted octanol–water partition coefficient (Wildman–Crippen LogP) is 3.62. The molecule has 0 aliphatic carbocycles. The highest BCUT2D eigenvalue weighted by atomic mass is 35.5. The average Bonchev–Trinajstić information content (AvgIpc) is 3.24. The minimum absolute atomic E-state index is 0.182. The molecule has 1 spiro atoms. The zero-order valence-electron chi connectivity index (χ0n) is 18.4. The second-order valence-electron chi connectivity index (χ2n) is 7.75. The second kappa shape index (κ2) is 9.07. The van der Waals surface area contributed by atoms with Crippen molar-refractivity contribution in [2.75, 3.05) is 18.1 Å². The summed E-state index contributed by atoms with van der Waals surface area (Å²) in [5, 5.41) is 8.57. The maximum Gasteiger partial charge on any atom is 0.270 e. The van der Waals surface area contributed by atoms with E-state index in [1.54, 1.807) is 23.1 Å². The van der Waals surface area contributed by atoms with Gasteiger partial charge in [-0.05, 0) is 54.9 Å². The topological polar surface area (TPSA) is 91.3 Å². The van der Waals surface area contributed by atoms with Crippen molar-refractivity contribution in [1.82, 2.24) is 10.3 Å². The number of thioether (sulfide) groups is 1. The van der Waals surface area contributed by atoms with E-state index < -0.39 is 10.8 Å². The van der Waals surface area contributed by atoms with Crippen molar-refractivity contribution >= 4 is 51.9 Å². The molecule has 0 bridgehead atoms. The van der Waals surface area contributed by atoms with E-state index >= 15 is 0 Å². The summed E-state index contributed by atoms with van der Waals surface area (Å²) in [4.78, 5) is 38.1. The predicted molar refractivity (Wildman–Crippen MR) is 128 cm³/mol. The molecule has 1 atom stereocenters. The van der Waals surface area contributed by atoms with Gasteiger partial charge < -0.3 is 15.0 Å². The number of aryl methyl sites for hydroxylation is 1. The molecule has 33 heavy (non-hydrogen) atoms. The van der Waals surface area contributed by atoms with Gasteiger partial charge in [0, 0.05) is 31.0 Å². The third kappa shape index (κ3) is 4.18. The molecule has 1 unspecified atom stereocenters. The van der Waals surface area contributed by atoms with Crippen LogP contribution in [0, 0.1) is 6.92 Å². The number of rotatable bonds is 5. The zero-order valence-corrected chi connectivity index (χ0v) is 20.0. The number of benzene rings is 2. The smallest absolute Gasteiger partial charge is 0.270 e. The van der Waals surface area contributed by atoms with Gasteiger partial charge in [-0.1, -0.05) is 29.8 Å². The van der Waals surface area contributed by atoms with Crippen LogP contribution in [-0.2, 0) is 19.3 Å². The molecule has 0 saturated carbocycles. The number of hydrazone groups is 1. The number of anilines is 1. The molecule has 10 heteroatoms.